The minimum absolute atomic E-state index is 0.232. The summed E-state index contributed by atoms with van der Waals surface area (Å²) < 4.78 is 0. The van der Waals surface area contributed by atoms with Crippen molar-refractivity contribution in [2.24, 2.45) is 0 Å². The van der Waals surface area contributed by atoms with E-state index in [0.29, 0.717) is 6.42 Å². The number of aliphatic carboxylic acids is 1. The summed E-state index contributed by atoms with van der Waals surface area (Å²) in [6.07, 6.45) is 0.379. The number of carboxylic acid groups (broad SMARTS) is 1. The molecule has 1 atom stereocenters. The average molecular weight is 254 g/mol. The molecule has 0 spiro atoms. The van der Waals surface area contributed by atoms with E-state index in [1.54, 1.807) is 14.0 Å². The van der Waals surface area contributed by atoms with Crippen LogP contribution in [-0.2, 0) is 4.79 Å². The van der Waals surface area contributed by atoms with Gasteiger partial charge >= 0.3 is 11.7 Å². The van der Waals surface area contributed by atoms with E-state index in [-0.39, 0.29) is 17.3 Å². The number of nitro groups is 1. The molecule has 1 unspecified atom stereocenters. The monoisotopic (exact) mass is 254 g/mol. The Morgan fingerprint density at radius 2 is 2.28 bits per heavy atom. The van der Waals surface area contributed by atoms with Crippen molar-refractivity contribution in [2.45, 2.75) is 19.4 Å². The van der Waals surface area contributed by atoms with E-state index in [4.69, 9.17) is 10.8 Å². The molecule has 0 aliphatic heterocycles. The van der Waals surface area contributed by atoms with Gasteiger partial charge in [0.2, 0.25) is 5.82 Å². The van der Waals surface area contributed by atoms with Crippen LogP contribution in [0, 0.1) is 10.1 Å². The molecule has 1 aromatic rings. The first-order valence-electron chi connectivity index (χ1n) is 5.25. The number of anilines is 2. The SMILES string of the molecule is CCC(C(=O)O)N(C)c1ccc([N+](=O)[O-])c(N)n1. The quantitative estimate of drug-likeness (QED) is 0.590. The third-order valence-electron chi connectivity index (χ3n) is 2.59. The Morgan fingerprint density at radius 1 is 1.67 bits per heavy atom. The van der Waals surface area contributed by atoms with Gasteiger partial charge < -0.3 is 15.7 Å². The average Bonchev–Trinajstić information content (AvgIpc) is 2.28. The Hall–Kier alpha value is -2.38. The highest BCUT2D eigenvalue weighted by Crippen LogP contribution is 2.23. The van der Waals surface area contributed by atoms with Gasteiger partial charge in [0, 0.05) is 13.1 Å². The summed E-state index contributed by atoms with van der Waals surface area (Å²) in [6.45, 7) is 1.73. The summed E-state index contributed by atoms with van der Waals surface area (Å²) in [7, 11) is 1.55. The Morgan fingerprint density at radius 3 is 2.67 bits per heavy atom. The number of likely N-dealkylation sites (N-methyl/N-ethyl adjacent to an activating group) is 1. The number of hydrogen-bond donors (Lipinski definition) is 2. The van der Waals surface area contributed by atoms with Gasteiger partial charge in [-0.05, 0) is 12.5 Å². The molecule has 0 bridgehead atoms. The highest BCUT2D eigenvalue weighted by atomic mass is 16.6. The van der Waals surface area contributed by atoms with Crippen LogP contribution in [0.4, 0.5) is 17.3 Å². The van der Waals surface area contributed by atoms with Crippen molar-refractivity contribution in [1.82, 2.24) is 4.98 Å². The molecule has 1 heterocycles. The summed E-state index contributed by atoms with van der Waals surface area (Å²) in [5, 5.41) is 19.6. The number of hydrogen-bond acceptors (Lipinski definition) is 6. The van der Waals surface area contributed by atoms with E-state index in [2.05, 4.69) is 4.98 Å². The highest BCUT2D eigenvalue weighted by Gasteiger charge is 2.23. The lowest BCUT2D eigenvalue weighted by Gasteiger charge is -2.24. The zero-order valence-corrected chi connectivity index (χ0v) is 10.0. The van der Waals surface area contributed by atoms with E-state index in [0.717, 1.165) is 0 Å². The molecule has 1 rings (SSSR count). The lowest BCUT2D eigenvalue weighted by atomic mass is 10.2. The minimum atomic E-state index is -0.987. The van der Waals surface area contributed by atoms with Crippen LogP contribution in [0.25, 0.3) is 0 Å². The van der Waals surface area contributed by atoms with Gasteiger partial charge in [-0.25, -0.2) is 9.78 Å². The molecular formula is C10H14N4O4. The van der Waals surface area contributed by atoms with Crippen molar-refractivity contribution in [3.63, 3.8) is 0 Å². The van der Waals surface area contributed by atoms with Crippen molar-refractivity contribution in [1.29, 1.82) is 0 Å². The van der Waals surface area contributed by atoms with Crippen LogP contribution in [0.15, 0.2) is 12.1 Å². The third-order valence-corrected chi connectivity index (χ3v) is 2.59. The fourth-order valence-electron chi connectivity index (χ4n) is 1.58. The molecule has 0 amide bonds. The van der Waals surface area contributed by atoms with Crippen molar-refractivity contribution >= 4 is 23.3 Å². The first kappa shape index (κ1) is 13.7. The van der Waals surface area contributed by atoms with Gasteiger partial charge in [-0.15, -0.1) is 0 Å². The molecule has 8 nitrogen and oxygen atoms in total. The van der Waals surface area contributed by atoms with Crippen molar-refractivity contribution in [2.75, 3.05) is 17.7 Å². The Bertz CT molecular complexity index is 477. The van der Waals surface area contributed by atoms with Gasteiger partial charge in [0.15, 0.2) is 0 Å². The number of carbonyl (C=O) groups is 1. The number of pyridine rings is 1. The van der Waals surface area contributed by atoms with Crippen molar-refractivity contribution < 1.29 is 14.8 Å². The summed E-state index contributed by atoms with van der Waals surface area (Å²) in [5.74, 6) is -0.935. The van der Waals surface area contributed by atoms with Gasteiger partial charge in [-0.3, -0.25) is 10.1 Å². The predicted molar refractivity (Wildman–Crippen MR) is 65.4 cm³/mol. The van der Waals surface area contributed by atoms with Crippen LogP contribution in [-0.4, -0.2) is 34.1 Å². The molecule has 0 aliphatic rings. The molecule has 1 aromatic heterocycles. The maximum Gasteiger partial charge on any atom is 0.326 e. The molecule has 18 heavy (non-hydrogen) atoms. The van der Waals surface area contributed by atoms with Crippen LogP contribution >= 0.6 is 0 Å². The summed E-state index contributed by atoms with van der Waals surface area (Å²) >= 11 is 0. The smallest absolute Gasteiger partial charge is 0.326 e. The van der Waals surface area contributed by atoms with Gasteiger partial charge in [0.05, 0.1) is 4.92 Å². The van der Waals surface area contributed by atoms with E-state index < -0.39 is 16.9 Å². The third kappa shape index (κ3) is 2.65. The lowest BCUT2D eigenvalue weighted by molar-refractivity contribution is -0.384. The Balaban J connectivity index is 3.07. The summed E-state index contributed by atoms with van der Waals surface area (Å²) in [6, 6.07) is 1.83. The standard InChI is InChI=1S/C10H14N4O4/c1-3-6(10(15)16)13(2)8-5-4-7(14(17)18)9(11)12-8/h4-6H,3H2,1-2H3,(H2,11,12)(H,15,16). The number of nitrogens with zero attached hydrogens (tertiary/aromatic N) is 3. The zero-order valence-electron chi connectivity index (χ0n) is 10.0. The van der Waals surface area contributed by atoms with E-state index in [9.17, 15) is 14.9 Å². The lowest BCUT2D eigenvalue weighted by Crippen LogP contribution is -2.38. The number of aromatic nitrogens is 1. The molecule has 0 saturated carbocycles. The fourth-order valence-corrected chi connectivity index (χ4v) is 1.58. The maximum absolute atomic E-state index is 11.0. The molecular weight excluding hydrogens is 240 g/mol. The molecule has 0 aromatic carbocycles. The summed E-state index contributed by atoms with van der Waals surface area (Å²) in [5.41, 5.74) is 5.16. The highest BCUT2D eigenvalue weighted by molar-refractivity contribution is 5.77. The molecule has 0 radical (unpaired) electrons. The normalized spacial score (nSPS) is 11.9. The van der Waals surface area contributed by atoms with Gasteiger partial charge in [-0.2, -0.15) is 0 Å². The topological polar surface area (TPSA) is 123 Å². The number of nitrogens with two attached hydrogens (primary N) is 1. The number of nitrogen functional groups attached to an aromatic ring is 1. The molecule has 98 valence electrons. The number of rotatable bonds is 5. The van der Waals surface area contributed by atoms with Crippen LogP contribution in [0.5, 0.6) is 0 Å². The van der Waals surface area contributed by atoms with Crippen molar-refractivity contribution in [3.05, 3.63) is 22.2 Å². The van der Waals surface area contributed by atoms with E-state index >= 15 is 0 Å². The van der Waals surface area contributed by atoms with Crippen LogP contribution in [0.3, 0.4) is 0 Å². The van der Waals surface area contributed by atoms with Gasteiger partial charge in [0.1, 0.15) is 11.9 Å². The first-order valence-corrected chi connectivity index (χ1v) is 5.25. The van der Waals surface area contributed by atoms with Crippen LogP contribution in [0.1, 0.15) is 13.3 Å². The molecule has 0 saturated heterocycles. The second-order valence-corrected chi connectivity index (χ2v) is 3.70. The van der Waals surface area contributed by atoms with E-state index in [1.165, 1.54) is 17.0 Å². The largest absolute Gasteiger partial charge is 0.480 e. The second-order valence-electron chi connectivity index (χ2n) is 3.70. The van der Waals surface area contributed by atoms with Crippen molar-refractivity contribution in [3.8, 4) is 0 Å². The first-order chi connectivity index (χ1) is 8.38. The van der Waals surface area contributed by atoms with Gasteiger partial charge in [0.25, 0.3) is 0 Å². The molecule has 0 fully saturated rings. The van der Waals surface area contributed by atoms with Crippen LogP contribution < -0.4 is 10.6 Å². The predicted octanol–water partition coefficient (Wildman–Crippen LogP) is 0.871. The molecule has 0 aliphatic carbocycles. The van der Waals surface area contributed by atoms with Gasteiger partial charge in [-0.1, -0.05) is 6.92 Å². The Kier molecular flexibility index (Phi) is 4.03. The van der Waals surface area contributed by atoms with E-state index in [1.807, 2.05) is 0 Å². The number of carboxylic acids is 1. The Labute approximate surface area is 103 Å². The fraction of sp³-hybridized carbons (Fsp3) is 0.400. The molecule has 3 N–H and O–H groups in total. The zero-order chi connectivity index (χ0) is 13.9. The maximum atomic E-state index is 11.0. The second kappa shape index (κ2) is 5.30. The minimum Gasteiger partial charge on any atom is -0.480 e. The van der Waals surface area contributed by atoms with Crippen LogP contribution in [0.2, 0.25) is 0 Å². The molecule has 8 heteroatoms. The summed E-state index contributed by atoms with van der Waals surface area (Å²) in [4.78, 5) is 26.2.